The molecule has 0 aliphatic rings. The number of sulfone groups is 1. The van der Waals surface area contributed by atoms with Crippen LogP contribution in [-0.2, 0) is 15.6 Å². The number of hydrogen-bond acceptors (Lipinski definition) is 4. The summed E-state index contributed by atoms with van der Waals surface area (Å²) in [4.78, 5) is 4.16. The SMILES string of the molecule is Cc1ccc(N)cc1S(=O)(=O)Cc1ccncc1. The van der Waals surface area contributed by atoms with Crippen LogP contribution in [0.3, 0.4) is 0 Å². The number of nitrogen functional groups attached to an aromatic ring is 1. The zero-order valence-corrected chi connectivity index (χ0v) is 10.8. The maximum atomic E-state index is 12.3. The molecule has 0 saturated carbocycles. The van der Waals surface area contributed by atoms with Crippen LogP contribution >= 0.6 is 0 Å². The van der Waals surface area contributed by atoms with Gasteiger partial charge in [0.15, 0.2) is 9.84 Å². The number of nitrogens with two attached hydrogens (primary N) is 1. The van der Waals surface area contributed by atoms with Crippen molar-refractivity contribution in [2.24, 2.45) is 0 Å². The van der Waals surface area contributed by atoms with Crippen molar-refractivity contribution in [2.45, 2.75) is 17.6 Å². The molecule has 0 aliphatic carbocycles. The quantitative estimate of drug-likeness (QED) is 0.858. The van der Waals surface area contributed by atoms with Crippen molar-refractivity contribution < 1.29 is 8.42 Å². The normalized spacial score (nSPS) is 11.4. The predicted molar refractivity (Wildman–Crippen MR) is 70.7 cm³/mol. The maximum absolute atomic E-state index is 12.3. The molecule has 1 aromatic heterocycles. The smallest absolute Gasteiger partial charge is 0.182 e. The Morgan fingerprint density at radius 1 is 1.17 bits per heavy atom. The van der Waals surface area contributed by atoms with Crippen LogP contribution in [0.15, 0.2) is 47.6 Å². The summed E-state index contributed by atoms with van der Waals surface area (Å²) >= 11 is 0. The summed E-state index contributed by atoms with van der Waals surface area (Å²) in [5.41, 5.74) is 7.52. The van der Waals surface area contributed by atoms with Crippen molar-refractivity contribution in [3.63, 3.8) is 0 Å². The summed E-state index contributed by atoms with van der Waals surface area (Å²) in [5.74, 6) is -0.0419. The third kappa shape index (κ3) is 2.68. The van der Waals surface area contributed by atoms with Crippen molar-refractivity contribution in [3.8, 4) is 0 Å². The van der Waals surface area contributed by atoms with Crippen LogP contribution in [0, 0.1) is 6.92 Å². The molecule has 1 aromatic carbocycles. The molecule has 4 nitrogen and oxygen atoms in total. The van der Waals surface area contributed by atoms with Gasteiger partial charge in [0, 0.05) is 18.1 Å². The van der Waals surface area contributed by atoms with Crippen molar-refractivity contribution in [2.75, 3.05) is 5.73 Å². The number of aryl methyl sites for hydroxylation is 1. The summed E-state index contributed by atoms with van der Waals surface area (Å²) in [6.07, 6.45) is 3.16. The molecule has 0 radical (unpaired) electrons. The largest absolute Gasteiger partial charge is 0.399 e. The summed E-state index contributed by atoms with van der Waals surface area (Å²) < 4.78 is 24.6. The van der Waals surface area contributed by atoms with E-state index in [0.717, 1.165) is 0 Å². The lowest BCUT2D eigenvalue weighted by Crippen LogP contribution is -2.07. The zero-order valence-electron chi connectivity index (χ0n) is 10.00. The van der Waals surface area contributed by atoms with E-state index in [9.17, 15) is 8.42 Å². The third-order valence-corrected chi connectivity index (χ3v) is 4.48. The van der Waals surface area contributed by atoms with Gasteiger partial charge < -0.3 is 5.73 Å². The van der Waals surface area contributed by atoms with Crippen LogP contribution in [0.25, 0.3) is 0 Å². The van der Waals surface area contributed by atoms with Gasteiger partial charge in [0.1, 0.15) is 0 Å². The number of pyridine rings is 1. The molecule has 18 heavy (non-hydrogen) atoms. The minimum atomic E-state index is -3.37. The molecule has 2 aromatic rings. The fraction of sp³-hybridized carbons (Fsp3) is 0.154. The highest BCUT2D eigenvalue weighted by atomic mass is 32.2. The van der Waals surface area contributed by atoms with E-state index in [2.05, 4.69) is 4.98 Å². The Labute approximate surface area is 106 Å². The molecule has 0 spiro atoms. The van der Waals surface area contributed by atoms with Gasteiger partial charge in [0.2, 0.25) is 0 Å². The zero-order chi connectivity index (χ0) is 13.2. The van der Waals surface area contributed by atoms with E-state index in [4.69, 9.17) is 5.73 Å². The topological polar surface area (TPSA) is 73.1 Å². The second-order valence-electron chi connectivity index (χ2n) is 4.14. The van der Waals surface area contributed by atoms with Gasteiger partial charge in [-0.15, -0.1) is 0 Å². The van der Waals surface area contributed by atoms with Gasteiger partial charge in [0.25, 0.3) is 0 Å². The summed E-state index contributed by atoms with van der Waals surface area (Å²) in [6, 6.07) is 8.31. The third-order valence-electron chi connectivity index (χ3n) is 2.65. The van der Waals surface area contributed by atoms with Crippen LogP contribution in [0.2, 0.25) is 0 Å². The Morgan fingerprint density at radius 2 is 1.83 bits per heavy atom. The highest BCUT2D eigenvalue weighted by Gasteiger charge is 2.17. The minimum absolute atomic E-state index is 0.0419. The number of nitrogens with zero attached hydrogens (tertiary/aromatic N) is 1. The minimum Gasteiger partial charge on any atom is -0.399 e. The van der Waals surface area contributed by atoms with Crippen LogP contribution in [0.5, 0.6) is 0 Å². The second kappa shape index (κ2) is 4.78. The molecule has 2 rings (SSSR count). The average molecular weight is 262 g/mol. The van der Waals surface area contributed by atoms with E-state index >= 15 is 0 Å². The van der Waals surface area contributed by atoms with Crippen molar-refractivity contribution in [1.82, 2.24) is 4.98 Å². The fourth-order valence-electron chi connectivity index (χ4n) is 1.73. The van der Waals surface area contributed by atoms with Crippen LogP contribution in [-0.4, -0.2) is 13.4 Å². The Balaban J connectivity index is 2.40. The number of rotatable bonds is 3. The average Bonchev–Trinajstić information content (AvgIpc) is 2.33. The molecule has 0 unspecified atom stereocenters. The highest BCUT2D eigenvalue weighted by Crippen LogP contribution is 2.22. The Hall–Kier alpha value is -1.88. The van der Waals surface area contributed by atoms with E-state index in [1.54, 1.807) is 43.6 Å². The number of benzene rings is 1. The van der Waals surface area contributed by atoms with Gasteiger partial charge in [-0.05, 0) is 42.3 Å². The Bertz CT molecular complexity index is 652. The highest BCUT2D eigenvalue weighted by molar-refractivity contribution is 7.90. The predicted octanol–water partition coefficient (Wildman–Crippen LogP) is 1.95. The molecule has 94 valence electrons. The number of aromatic nitrogens is 1. The molecule has 5 heteroatoms. The summed E-state index contributed by atoms with van der Waals surface area (Å²) in [7, 11) is -3.37. The van der Waals surface area contributed by atoms with E-state index in [-0.39, 0.29) is 5.75 Å². The molecule has 1 heterocycles. The van der Waals surface area contributed by atoms with Crippen molar-refractivity contribution >= 4 is 15.5 Å². The van der Waals surface area contributed by atoms with Crippen molar-refractivity contribution in [3.05, 3.63) is 53.9 Å². The maximum Gasteiger partial charge on any atom is 0.182 e. The lowest BCUT2D eigenvalue weighted by Gasteiger charge is -2.08. The molecular weight excluding hydrogens is 248 g/mol. The lowest BCUT2D eigenvalue weighted by atomic mass is 10.2. The van der Waals surface area contributed by atoms with E-state index in [1.165, 1.54) is 6.07 Å². The molecule has 0 aliphatic heterocycles. The second-order valence-corrected chi connectivity index (χ2v) is 6.10. The molecule has 0 bridgehead atoms. The van der Waals surface area contributed by atoms with Crippen molar-refractivity contribution in [1.29, 1.82) is 0 Å². The summed E-state index contributed by atoms with van der Waals surface area (Å²) in [6.45, 7) is 1.76. The molecule has 0 atom stereocenters. The molecule has 0 saturated heterocycles. The van der Waals surface area contributed by atoms with E-state index < -0.39 is 9.84 Å². The first-order valence-corrected chi connectivity index (χ1v) is 7.12. The van der Waals surface area contributed by atoms with Crippen LogP contribution < -0.4 is 5.73 Å². The van der Waals surface area contributed by atoms with E-state index in [1.807, 2.05) is 0 Å². The summed E-state index contributed by atoms with van der Waals surface area (Å²) in [5, 5.41) is 0. The lowest BCUT2D eigenvalue weighted by molar-refractivity contribution is 0.594. The van der Waals surface area contributed by atoms with Gasteiger partial charge in [-0.2, -0.15) is 0 Å². The van der Waals surface area contributed by atoms with Crippen LogP contribution in [0.4, 0.5) is 5.69 Å². The Kier molecular flexibility index (Phi) is 3.34. The number of anilines is 1. The first kappa shape index (κ1) is 12.6. The van der Waals surface area contributed by atoms with Gasteiger partial charge in [0.05, 0.1) is 10.6 Å². The van der Waals surface area contributed by atoms with Crippen LogP contribution in [0.1, 0.15) is 11.1 Å². The fourth-order valence-corrected chi connectivity index (χ4v) is 3.39. The van der Waals surface area contributed by atoms with Gasteiger partial charge in [-0.3, -0.25) is 4.98 Å². The first-order valence-electron chi connectivity index (χ1n) is 5.47. The van der Waals surface area contributed by atoms with Gasteiger partial charge in [-0.1, -0.05) is 6.07 Å². The monoisotopic (exact) mass is 262 g/mol. The Morgan fingerprint density at radius 3 is 2.50 bits per heavy atom. The van der Waals surface area contributed by atoms with E-state index in [0.29, 0.717) is 21.7 Å². The first-order chi connectivity index (χ1) is 8.49. The molecule has 0 amide bonds. The molecular formula is C13H14N2O2S. The van der Waals surface area contributed by atoms with Gasteiger partial charge >= 0.3 is 0 Å². The van der Waals surface area contributed by atoms with Gasteiger partial charge in [-0.25, -0.2) is 8.42 Å². The number of hydrogen-bond donors (Lipinski definition) is 1. The molecule has 0 fully saturated rings. The standard InChI is InChI=1S/C13H14N2O2S/c1-10-2-3-12(14)8-13(10)18(16,17)9-11-4-6-15-7-5-11/h2-8H,9,14H2,1H3. The molecule has 2 N–H and O–H groups in total.